The Bertz CT molecular complexity index is 605. The van der Waals surface area contributed by atoms with E-state index in [0.717, 1.165) is 22.3 Å². The molecule has 0 fully saturated rings. The van der Waals surface area contributed by atoms with Crippen LogP contribution in [0.2, 0.25) is 0 Å². The van der Waals surface area contributed by atoms with E-state index < -0.39 is 0 Å². The molecule has 1 atom stereocenters. The molecule has 0 bridgehead atoms. The van der Waals surface area contributed by atoms with Gasteiger partial charge in [0.15, 0.2) is 0 Å². The Labute approximate surface area is 94.4 Å². The molecule has 0 saturated heterocycles. The zero-order chi connectivity index (χ0) is 11.1. The topological polar surface area (TPSA) is 20.2 Å². The first-order valence-corrected chi connectivity index (χ1v) is 5.20. The minimum absolute atomic E-state index is 0.118. The van der Waals surface area contributed by atoms with Gasteiger partial charge in [0.2, 0.25) is 0 Å². The van der Waals surface area contributed by atoms with Gasteiger partial charge < -0.3 is 5.11 Å². The SMILES string of the molecule is C#CC1c2ccccc2-c2cccc(O)c21. The van der Waals surface area contributed by atoms with Gasteiger partial charge in [-0.15, -0.1) is 6.42 Å². The summed E-state index contributed by atoms with van der Waals surface area (Å²) in [6.45, 7) is 0. The number of phenols is 1. The van der Waals surface area contributed by atoms with Gasteiger partial charge in [-0.1, -0.05) is 42.3 Å². The van der Waals surface area contributed by atoms with Crippen molar-refractivity contribution in [2.24, 2.45) is 0 Å². The third-order valence-electron chi connectivity index (χ3n) is 3.10. The normalized spacial score (nSPS) is 16.3. The number of phenolic OH excluding ortho intramolecular Hbond substituents is 1. The molecule has 0 amide bonds. The molecule has 0 aromatic heterocycles. The van der Waals surface area contributed by atoms with Crippen LogP contribution in [0.15, 0.2) is 42.5 Å². The predicted molar refractivity (Wildman–Crippen MR) is 64.2 cm³/mol. The van der Waals surface area contributed by atoms with Crippen LogP contribution in [-0.2, 0) is 0 Å². The lowest BCUT2D eigenvalue weighted by Gasteiger charge is -2.06. The third kappa shape index (κ3) is 1.02. The van der Waals surface area contributed by atoms with E-state index in [9.17, 15) is 5.11 Å². The van der Waals surface area contributed by atoms with Crippen LogP contribution in [0.4, 0.5) is 0 Å². The lowest BCUT2D eigenvalue weighted by molar-refractivity contribution is 0.469. The standard InChI is InChI=1S/C15H10O/c1-2-10-11-6-3-4-7-12(11)13-8-5-9-14(16)15(10)13/h1,3-10,16H. The molecular weight excluding hydrogens is 196 g/mol. The summed E-state index contributed by atoms with van der Waals surface area (Å²) in [5, 5.41) is 9.91. The summed E-state index contributed by atoms with van der Waals surface area (Å²) < 4.78 is 0. The van der Waals surface area contributed by atoms with Crippen molar-refractivity contribution < 1.29 is 5.11 Å². The van der Waals surface area contributed by atoms with Crippen LogP contribution in [0, 0.1) is 12.3 Å². The molecular formula is C15H10O. The highest BCUT2D eigenvalue weighted by atomic mass is 16.3. The molecule has 0 saturated carbocycles. The summed E-state index contributed by atoms with van der Waals surface area (Å²) in [5.41, 5.74) is 4.17. The van der Waals surface area contributed by atoms with Gasteiger partial charge in [-0.2, -0.15) is 0 Å². The van der Waals surface area contributed by atoms with Crippen molar-refractivity contribution in [1.29, 1.82) is 0 Å². The Morgan fingerprint density at radius 2 is 1.75 bits per heavy atom. The van der Waals surface area contributed by atoms with Gasteiger partial charge in [0, 0.05) is 5.56 Å². The van der Waals surface area contributed by atoms with E-state index in [1.807, 2.05) is 36.4 Å². The minimum Gasteiger partial charge on any atom is -0.508 e. The molecule has 0 heterocycles. The van der Waals surface area contributed by atoms with Gasteiger partial charge in [-0.3, -0.25) is 0 Å². The van der Waals surface area contributed by atoms with Crippen LogP contribution in [0.1, 0.15) is 17.0 Å². The molecule has 76 valence electrons. The fraction of sp³-hybridized carbons (Fsp3) is 0.0667. The number of hydrogen-bond donors (Lipinski definition) is 1. The number of fused-ring (bicyclic) bond motifs is 3. The van der Waals surface area contributed by atoms with Crippen molar-refractivity contribution in [3.05, 3.63) is 53.6 Å². The van der Waals surface area contributed by atoms with Crippen LogP contribution >= 0.6 is 0 Å². The highest BCUT2D eigenvalue weighted by Crippen LogP contribution is 2.47. The van der Waals surface area contributed by atoms with Crippen molar-refractivity contribution in [2.75, 3.05) is 0 Å². The summed E-state index contributed by atoms with van der Waals surface area (Å²) in [5.74, 6) is 2.93. The summed E-state index contributed by atoms with van der Waals surface area (Å²) in [6.07, 6.45) is 5.57. The van der Waals surface area contributed by atoms with E-state index in [0.29, 0.717) is 0 Å². The van der Waals surface area contributed by atoms with Crippen molar-refractivity contribution in [2.45, 2.75) is 5.92 Å². The number of aromatic hydroxyl groups is 1. The number of benzene rings is 2. The van der Waals surface area contributed by atoms with Crippen LogP contribution < -0.4 is 0 Å². The monoisotopic (exact) mass is 206 g/mol. The smallest absolute Gasteiger partial charge is 0.120 e. The predicted octanol–water partition coefficient (Wildman–Crippen LogP) is 3.14. The Kier molecular flexibility index (Phi) is 1.78. The van der Waals surface area contributed by atoms with Crippen LogP contribution in [0.5, 0.6) is 5.75 Å². The fourth-order valence-corrected chi connectivity index (χ4v) is 2.41. The number of terminal acetylenes is 1. The van der Waals surface area contributed by atoms with Crippen molar-refractivity contribution in [3.63, 3.8) is 0 Å². The zero-order valence-electron chi connectivity index (χ0n) is 8.64. The Hall–Kier alpha value is -2.20. The van der Waals surface area contributed by atoms with Crippen molar-refractivity contribution >= 4 is 0 Å². The lowest BCUT2D eigenvalue weighted by atomic mass is 9.97. The molecule has 1 unspecified atom stereocenters. The third-order valence-corrected chi connectivity index (χ3v) is 3.10. The van der Waals surface area contributed by atoms with E-state index in [2.05, 4.69) is 5.92 Å². The summed E-state index contributed by atoms with van der Waals surface area (Å²) >= 11 is 0. The maximum absolute atomic E-state index is 9.91. The Morgan fingerprint density at radius 3 is 2.56 bits per heavy atom. The van der Waals surface area contributed by atoms with Crippen molar-refractivity contribution in [3.8, 4) is 29.2 Å². The maximum Gasteiger partial charge on any atom is 0.120 e. The number of hydrogen-bond acceptors (Lipinski definition) is 1. The first-order valence-electron chi connectivity index (χ1n) is 5.20. The molecule has 1 aliphatic carbocycles. The highest BCUT2D eigenvalue weighted by molar-refractivity contribution is 5.82. The quantitative estimate of drug-likeness (QED) is 0.656. The van der Waals surface area contributed by atoms with Gasteiger partial charge in [0.25, 0.3) is 0 Å². The molecule has 2 aromatic rings. The fourth-order valence-electron chi connectivity index (χ4n) is 2.41. The second-order valence-corrected chi connectivity index (χ2v) is 3.93. The average Bonchev–Trinajstić information content (AvgIpc) is 2.65. The van der Waals surface area contributed by atoms with Crippen LogP contribution in [-0.4, -0.2) is 5.11 Å². The van der Waals surface area contributed by atoms with Crippen LogP contribution in [0.3, 0.4) is 0 Å². The second-order valence-electron chi connectivity index (χ2n) is 3.93. The first kappa shape index (κ1) is 9.06. The molecule has 0 aliphatic heterocycles. The molecule has 0 radical (unpaired) electrons. The first-order chi connectivity index (χ1) is 7.83. The highest BCUT2D eigenvalue weighted by Gasteiger charge is 2.29. The molecule has 1 aliphatic rings. The van der Waals surface area contributed by atoms with Gasteiger partial charge in [-0.25, -0.2) is 0 Å². The molecule has 1 N–H and O–H groups in total. The summed E-state index contributed by atoms with van der Waals surface area (Å²) in [7, 11) is 0. The van der Waals surface area contributed by atoms with E-state index in [1.165, 1.54) is 0 Å². The molecule has 1 nitrogen and oxygen atoms in total. The summed E-state index contributed by atoms with van der Waals surface area (Å²) in [6, 6.07) is 13.6. The minimum atomic E-state index is -0.118. The van der Waals surface area contributed by atoms with Gasteiger partial charge >= 0.3 is 0 Å². The van der Waals surface area contributed by atoms with E-state index in [1.54, 1.807) is 6.07 Å². The number of rotatable bonds is 0. The molecule has 0 spiro atoms. The molecule has 16 heavy (non-hydrogen) atoms. The molecule has 2 aromatic carbocycles. The molecule has 3 rings (SSSR count). The summed E-state index contributed by atoms with van der Waals surface area (Å²) in [4.78, 5) is 0. The van der Waals surface area contributed by atoms with Gasteiger partial charge in [0.05, 0.1) is 5.92 Å². The Balaban J connectivity index is 2.40. The largest absolute Gasteiger partial charge is 0.508 e. The maximum atomic E-state index is 9.91. The Morgan fingerprint density at radius 1 is 1.00 bits per heavy atom. The van der Waals surface area contributed by atoms with Gasteiger partial charge in [0.1, 0.15) is 5.75 Å². The van der Waals surface area contributed by atoms with E-state index in [-0.39, 0.29) is 11.7 Å². The van der Waals surface area contributed by atoms with Gasteiger partial charge in [-0.05, 0) is 22.8 Å². The van der Waals surface area contributed by atoms with E-state index in [4.69, 9.17) is 6.42 Å². The lowest BCUT2D eigenvalue weighted by Crippen LogP contribution is -1.92. The average molecular weight is 206 g/mol. The molecule has 1 heteroatoms. The van der Waals surface area contributed by atoms with Crippen molar-refractivity contribution in [1.82, 2.24) is 0 Å². The van der Waals surface area contributed by atoms with Crippen LogP contribution in [0.25, 0.3) is 11.1 Å². The second kappa shape index (κ2) is 3.15. The zero-order valence-corrected chi connectivity index (χ0v) is 8.64. The van der Waals surface area contributed by atoms with E-state index >= 15 is 0 Å².